The SMILES string of the molecule is NC(=S)C1CCCN1Cc1cccs1. The number of likely N-dealkylation sites (tertiary alicyclic amines) is 1. The molecule has 0 bridgehead atoms. The van der Waals surface area contributed by atoms with Crippen LogP contribution in [0, 0.1) is 0 Å². The van der Waals surface area contributed by atoms with Gasteiger partial charge >= 0.3 is 0 Å². The van der Waals surface area contributed by atoms with E-state index in [2.05, 4.69) is 22.4 Å². The van der Waals surface area contributed by atoms with Gasteiger partial charge < -0.3 is 5.73 Å². The maximum Gasteiger partial charge on any atom is 0.0902 e. The molecule has 1 atom stereocenters. The Bertz CT molecular complexity index is 308. The van der Waals surface area contributed by atoms with Crippen LogP contribution in [0.3, 0.4) is 0 Å². The lowest BCUT2D eigenvalue weighted by Gasteiger charge is -2.22. The summed E-state index contributed by atoms with van der Waals surface area (Å²) in [5.41, 5.74) is 5.71. The number of nitrogens with zero attached hydrogens (tertiary/aromatic N) is 1. The van der Waals surface area contributed by atoms with Crippen molar-refractivity contribution in [3.8, 4) is 0 Å². The van der Waals surface area contributed by atoms with Gasteiger partial charge in [-0.2, -0.15) is 0 Å². The number of thiocarbonyl (C=S) groups is 1. The van der Waals surface area contributed by atoms with Gasteiger partial charge in [-0.15, -0.1) is 11.3 Å². The van der Waals surface area contributed by atoms with Crippen LogP contribution in [0.4, 0.5) is 0 Å². The Morgan fingerprint density at radius 1 is 1.71 bits per heavy atom. The Morgan fingerprint density at radius 2 is 2.57 bits per heavy atom. The van der Waals surface area contributed by atoms with Crippen molar-refractivity contribution in [2.24, 2.45) is 5.73 Å². The van der Waals surface area contributed by atoms with Crippen LogP contribution in [0.5, 0.6) is 0 Å². The highest BCUT2D eigenvalue weighted by molar-refractivity contribution is 7.80. The van der Waals surface area contributed by atoms with E-state index in [1.165, 1.54) is 11.3 Å². The lowest BCUT2D eigenvalue weighted by molar-refractivity contribution is 0.298. The lowest BCUT2D eigenvalue weighted by atomic mass is 10.2. The van der Waals surface area contributed by atoms with E-state index < -0.39 is 0 Å². The summed E-state index contributed by atoms with van der Waals surface area (Å²) in [5.74, 6) is 0. The number of hydrogen-bond donors (Lipinski definition) is 1. The molecule has 0 aromatic carbocycles. The number of rotatable bonds is 3. The molecule has 1 aliphatic rings. The topological polar surface area (TPSA) is 29.3 Å². The molecule has 1 aliphatic heterocycles. The molecule has 1 saturated heterocycles. The van der Waals surface area contributed by atoms with E-state index in [9.17, 15) is 0 Å². The summed E-state index contributed by atoms with van der Waals surface area (Å²) in [6.07, 6.45) is 2.34. The molecule has 14 heavy (non-hydrogen) atoms. The second-order valence-electron chi connectivity index (χ2n) is 3.61. The largest absolute Gasteiger partial charge is 0.392 e. The average molecular weight is 226 g/mol. The standard InChI is InChI=1S/C10H14N2S2/c11-10(13)9-4-1-5-12(9)7-8-3-2-6-14-8/h2-3,6,9H,1,4-5,7H2,(H2,11,13). The highest BCUT2D eigenvalue weighted by Gasteiger charge is 2.26. The van der Waals surface area contributed by atoms with Crippen molar-refractivity contribution in [2.75, 3.05) is 6.54 Å². The lowest BCUT2D eigenvalue weighted by Crippen LogP contribution is -2.38. The quantitative estimate of drug-likeness (QED) is 0.799. The normalized spacial score (nSPS) is 22.7. The molecule has 1 aromatic rings. The molecule has 1 aromatic heterocycles. The Kier molecular flexibility index (Phi) is 3.15. The third kappa shape index (κ3) is 2.13. The molecular formula is C10H14N2S2. The van der Waals surface area contributed by atoms with Gasteiger partial charge in [0.1, 0.15) is 0 Å². The molecular weight excluding hydrogens is 212 g/mol. The molecule has 0 saturated carbocycles. The summed E-state index contributed by atoms with van der Waals surface area (Å²) in [7, 11) is 0. The molecule has 2 N–H and O–H groups in total. The molecule has 0 amide bonds. The van der Waals surface area contributed by atoms with Crippen LogP contribution in [0.15, 0.2) is 17.5 Å². The maximum atomic E-state index is 5.71. The van der Waals surface area contributed by atoms with Gasteiger partial charge in [-0.25, -0.2) is 0 Å². The fourth-order valence-corrected chi connectivity index (χ4v) is 2.94. The van der Waals surface area contributed by atoms with E-state index in [-0.39, 0.29) is 0 Å². The zero-order valence-corrected chi connectivity index (χ0v) is 9.61. The van der Waals surface area contributed by atoms with Crippen LogP contribution in [0.25, 0.3) is 0 Å². The van der Waals surface area contributed by atoms with Gasteiger partial charge in [-0.05, 0) is 30.8 Å². The van der Waals surface area contributed by atoms with E-state index in [1.54, 1.807) is 11.3 Å². The molecule has 1 fully saturated rings. The Morgan fingerprint density at radius 3 is 3.21 bits per heavy atom. The van der Waals surface area contributed by atoms with E-state index in [0.29, 0.717) is 11.0 Å². The van der Waals surface area contributed by atoms with Crippen molar-refractivity contribution in [3.63, 3.8) is 0 Å². The zero-order chi connectivity index (χ0) is 9.97. The van der Waals surface area contributed by atoms with E-state index in [0.717, 1.165) is 19.5 Å². The maximum absolute atomic E-state index is 5.71. The van der Waals surface area contributed by atoms with Crippen molar-refractivity contribution in [2.45, 2.75) is 25.4 Å². The molecule has 0 aliphatic carbocycles. The van der Waals surface area contributed by atoms with Crippen molar-refractivity contribution in [3.05, 3.63) is 22.4 Å². The van der Waals surface area contributed by atoms with Crippen LogP contribution in [0.1, 0.15) is 17.7 Å². The average Bonchev–Trinajstić information content (AvgIpc) is 2.75. The predicted molar refractivity (Wildman–Crippen MR) is 64.5 cm³/mol. The molecule has 2 rings (SSSR count). The van der Waals surface area contributed by atoms with Crippen LogP contribution < -0.4 is 5.73 Å². The summed E-state index contributed by atoms with van der Waals surface area (Å²) in [6.45, 7) is 2.12. The first-order chi connectivity index (χ1) is 6.77. The Hall–Kier alpha value is -0.450. The summed E-state index contributed by atoms with van der Waals surface area (Å²) < 4.78 is 0. The Labute approximate surface area is 93.7 Å². The number of thiophene rings is 1. The molecule has 1 unspecified atom stereocenters. The first-order valence-electron chi connectivity index (χ1n) is 4.83. The van der Waals surface area contributed by atoms with Crippen molar-refractivity contribution >= 4 is 28.5 Å². The van der Waals surface area contributed by atoms with E-state index >= 15 is 0 Å². The highest BCUT2D eigenvalue weighted by atomic mass is 32.1. The summed E-state index contributed by atoms with van der Waals surface area (Å²) in [6, 6.07) is 4.58. The minimum absolute atomic E-state index is 0.326. The van der Waals surface area contributed by atoms with Gasteiger partial charge in [-0.3, -0.25) is 4.90 Å². The highest BCUT2D eigenvalue weighted by Crippen LogP contribution is 2.21. The predicted octanol–water partition coefficient (Wildman–Crippen LogP) is 2.00. The van der Waals surface area contributed by atoms with E-state index in [4.69, 9.17) is 18.0 Å². The number of nitrogens with two attached hydrogens (primary N) is 1. The van der Waals surface area contributed by atoms with Gasteiger partial charge in [0.05, 0.1) is 11.0 Å². The fourth-order valence-electron chi connectivity index (χ4n) is 1.94. The van der Waals surface area contributed by atoms with Gasteiger partial charge in [0, 0.05) is 11.4 Å². The first kappa shape index (κ1) is 10.1. The second-order valence-corrected chi connectivity index (χ2v) is 5.11. The van der Waals surface area contributed by atoms with Crippen LogP contribution in [-0.2, 0) is 6.54 Å². The minimum atomic E-state index is 0.326. The van der Waals surface area contributed by atoms with Crippen LogP contribution in [-0.4, -0.2) is 22.5 Å². The smallest absolute Gasteiger partial charge is 0.0902 e. The molecule has 0 radical (unpaired) electrons. The van der Waals surface area contributed by atoms with Crippen molar-refractivity contribution in [1.29, 1.82) is 0 Å². The second kappa shape index (κ2) is 4.38. The molecule has 76 valence electrons. The molecule has 4 heteroatoms. The number of hydrogen-bond acceptors (Lipinski definition) is 3. The summed E-state index contributed by atoms with van der Waals surface area (Å²) >= 11 is 6.87. The first-order valence-corrected chi connectivity index (χ1v) is 6.12. The molecule has 0 spiro atoms. The van der Waals surface area contributed by atoms with Crippen LogP contribution in [0.2, 0.25) is 0 Å². The summed E-state index contributed by atoms with van der Waals surface area (Å²) in [4.78, 5) is 4.43. The zero-order valence-electron chi connectivity index (χ0n) is 7.98. The fraction of sp³-hybridized carbons (Fsp3) is 0.500. The minimum Gasteiger partial charge on any atom is -0.392 e. The third-order valence-corrected chi connectivity index (χ3v) is 3.76. The monoisotopic (exact) mass is 226 g/mol. The van der Waals surface area contributed by atoms with Gasteiger partial charge in [0.2, 0.25) is 0 Å². The van der Waals surface area contributed by atoms with Crippen molar-refractivity contribution in [1.82, 2.24) is 4.90 Å². The Balaban J connectivity index is 2.00. The van der Waals surface area contributed by atoms with E-state index in [1.807, 2.05) is 0 Å². The van der Waals surface area contributed by atoms with Gasteiger partial charge in [0.15, 0.2) is 0 Å². The molecule has 2 nitrogen and oxygen atoms in total. The van der Waals surface area contributed by atoms with Gasteiger partial charge in [-0.1, -0.05) is 18.3 Å². The van der Waals surface area contributed by atoms with Gasteiger partial charge in [0.25, 0.3) is 0 Å². The van der Waals surface area contributed by atoms with Crippen LogP contribution >= 0.6 is 23.6 Å². The molecule has 2 heterocycles. The third-order valence-electron chi connectivity index (χ3n) is 2.63. The van der Waals surface area contributed by atoms with Crippen molar-refractivity contribution < 1.29 is 0 Å². The summed E-state index contributed by atoms with van der Waals surface area (Å²) in [5, 5.41) is 2.11.